The molecule has 2 heterocycles. The van der Waals surface area contributed by atoms with Crippen LogP contribution in [0.5, 0.6) is 5.75 Å². The van der Waals surface area contributed by atoms with Gasteiger partial charge in [-0.25, -0.2) is 8.91 Å². The van der Waals surface area contributed by atoms with Crippen LogP contribution in [0.25, 0.3) is 16.2 Å². The molecular weight excluding hydrogens is 379 g/mol. The molecule has 2 aromatic carbocycles. The number of anilines is 1. The topological polar surface area (TPSA) is 68.5 Å². The normalized spacial score (nSPS) is 11.0. The summed E-state index contributed by atoms with van der Waals surface area (Å²) >= 11 is 1.39. The van der Waals surface area contributed by atoms with E-state index >= 15 is 0 Å². The summed E-state index contributed by atoms with van der Waals surface area (Å²) in [6, 6.07) is 11.8. The lowest BCUT2D eigenvalue weighted by Crippen LogP contribution is -2.21. The first-order valence-corrected chi connectivity index (χ1v) is 9.48. The Kier molecular flexibility index (Phi) is 4.79. The summed E-state index contributed by atoms with van der Waals surface area (Å²) in [5.74, 6) is 0.227. The Morgan fingerprint density at radius 1 is 1.21 bits per heavy atom. The number of aromatic nitrogens is 3. The van der Waals surface area contributed by atoms with Crippen LogP contribution in [0.4, 0.5) is 10.3 Å². The van der Waals surface area contributed by atoms with Gasteiger partial charge in [-0.3, -0.25) is 10.1 Å². The van der Waals surface area contributed by atoms with E-state index in [-0.39, 0.29) is 24.3 Å². The number of hydrogen-bond donors (Lipinski definition) is 1. The second-order valence-electron chi connectivity index (χ2n) is 6.29. The molecule has 0 spiro atoms. The molecule has 28 heavy (non-hydrogen) atoms. The lowest BCUT2D eigenvalue weighted by molar-refractivity contribution is -0.118. The molecule has 0 fully saturated rings. The highest BCUT2D eigenvalue weighted by Crippen LogP contribution is 2.26. The molecule has 8 heteroatoms. The Balaban J connectivity index is 1.47. The van der Waals surface area contributed by atoms with E-state index < -0.39 is 0 Å². The van der Waals surface area contributed by atoms with Crippen LogP contribution in [0, 0.1) is 19.7 Å². The average molecular weight is 396 g/mol. The van der Waals surface area contributed by atoms with Crippen molar-refractivity contribution in [3.8, 4) is 17.0 Å². The second-order valence-corrected chi connectivity index (χ2v) is 7.13. The van der Waals surface area contributed by atoms with Crippen molar-refractivity contribution in [2.45, 2.75) is 13.8 Å². The van der Waals surface area contributed by atoms with Crippen molar-refractivity contribution in [3.05, 3.63) is 64.8 Å². The largest absolute Gasteiger partial charge is 0.483 e. The molecular formula is C20H17FN4O2S. The standard InChI is InChI=1S/C20H17FN4O2S/c1-12-4-3-5-17(13(12)2)27-10-18(26)22-19-23-20-25(24-19)16(11-28-20)14-6-8-15(21)9-7-14/h3-9,11H,10H2,1-2H3,(H,22,24,26). The van der Waals surface area contributed by atoms with Gasteiger partial charge in [-0.05, 0) is 55.3 Å². The number of carbonyl (C=O) groups is 1. The molecule has 142 valence electrons. The first-order valence-electron chi connectivity index (χ1n) is 8.60. The zero-order chi connectivity index (χ0) is 19.7. The van der Waals surface area contributed by atoms with E-state index in [1.165, 1.54) is 23.5 Å². The molecule has 0 radical (unpaired) electrons. The van der Waals surface area contributed by atoms with Gasteiger partial charge in [-0.15, -0.1) is 16.4 Å². The molecule has 2 aromatic heterocycles. The van der Waals surface area contributed by atoms with Crippen molar-refractivity contribution in [1.29, 1.82) is 0 Å². The van der Waals surface area contributed by atoms with Crippen LogP contribution in [0.15, 0.2) is 47.8 Å². The predicted octanol–water partition coefficient (Wildman–Crippen LogP) is 4.23. The monoisotopic (exact) mass is 396 g/mol. The Bertz CT molecular complexity index is 1150. The highest BCUT2D eigenvalue weighted by atomic mass is 32.1. The molecule has 4 aromatic rings. The summed E-state index contributed by atoms with van der Waals surface area (Å²) in [6.45, 7) is 3.80. The van der Waals surface area contributed by atoms with Gasteiger partial charge in [0.05, 0.1) is 5.69 Å². The number of carbonyl (C=O) groups excluding carboxylic acids is 1. The number of thiazole rings is 1. The lowest BCUT2D eigenvalue weighted by Gasteiger charge is -2.10. The van der Waals surface area contributed by atoms with Crippen molar-refractivity contribution < 1.29 is 13.9 Å². The molecule has 0 unspecified atom stereocenters. The molecule has 1 amide bonds. The minimum atomic E-state index is -0.345. The predicted molar refractivity (Wildman–Crippen MR) is 106 cm³/mol. The fourth-order valence-electron chi connectivity index (χ4n) is 2.74. The van der Waals surface area contributed by atoms with Crippen molar-refractivity contribution >= 4 is 28.2 Å². The summed E-state index contributed by atoms with van der Waals surface area (Å²) in [5, 5.41) is 8.87. The fraction of sp³-hybridized carbons (Fsp3) is 0.150. The summed E-state index contributed by atoms with van der Waals surface area (Å²) in [7, 11) is 0. The Morgan fingerprint density at radius 2 is 2.00 bits per heavy atom. The maximum atomic E-state index is 13.1. The number of hydrogen-bond acceptors (Lipinski definition) is 5. The molecule has 0 atom stereocenters. The molecule has 0 saturated carbocycles. The van der Waals surface area contributed by atoms with Gasteiger partial charge in [0.1, 0.15) is 11.6 Å². The van der Waals surface area contributed by atoms with Crippen LogP contribution in [0.2, 0.25) is 0 Å². The molecule has 0 aliphatic carbocycles. The first-order chi connectivity index (χ1) is 13.5. The Labute approximate surface area is 164 Å². The number of nitrogens with zero attached hydrogens (tertiary/aromatic N) is 3. The van der Waals surface area contributed by atoms with Crippen LogP contribution in [0.3, 0.4) is 0 Å². The lowest BCUT2D eigenvalue weighted by atomic mass is 10.1. The quantitative estimate of drug-likeness (QED) is 0.548. The third-order valence-corrected chi connectivity index (χ3v) is 5.20. The van der Waals surface area contributed by atoms with Gasteiger partial charge in [0.15, 0.2) is 6.61 Å². The van der Waals surface area contributed by atoms with Crippen molar-refractivity contribution in [2.24, 2.45) is 0 Å². The number of rotatable bonds is 5. The molecule has 0 bridgehead atoms. The summed E-state index contributed by atoms with van der Waals surface area (Å²) in [5.41, 5.74) is 3.69. The summed E-state index contributed by atoms with van der Waals surface area (Å²) in [6.07, 6.45) is 0. The van der Waals surface area contributed by atoms with Crippen LogP contribution in [0.1, 0.15) is 11.1 Å². The minimum absolute atomic E-state index is 0.137. The van der Waals surface area contributed by atoms with Gasteiger partial charge in [-0.1, -0.05) is 12.1 Å². The van der Waals surface area contributed by atoms with Crippen LogP contribution >= 0.6 is 11.3 Å². The fourth-order valence-corrected chi connectivity index (χ4v) is 3.57. The van der Waals surface area contributed by atoms with Crippen molar-refractivity contribution in [3.63, 3.8) is 0 Å². The third-order valence-electron chi connectivity index (χ3n) is 4.39. The smallest absolute Gasteiger partial charge is 0.264 e. The maximum Gasteiger partial charge on any atom is 0.264 e. The van der Waals surface area contributed by atoms with Crippen LogP contribution < -0.4 is 10.1 Å². The third kappa shape index (κ3) is 3.59. The maximum absolute atomic E-state index is 13.1. The van der Waals surface area contributed by atoms with Gasteiger partial charge in [0, 0.05) is 10.9 Å². The van der Waals surface area contributed by atoms with E-state index in [1.807, 2.05) is 37.4 Å². The number of fused-ring (bicyclic) bond motifs is 1. The van der Waals surface area contributed by atoms with Crippen LogP contribution in [-0.4, -0.2) is 27.1 Å². The molecule has 1 N–H and O–H groups in total. The van der Waals surface area contributed by atoms with Crippen molar-refractivity contribution in [1.82, 2.24) is 14.6 Å². The first kappa shape index (κ1) is 18.1. The zero-order valence-corrected chi connectivity index (χ0v) is 16.1. The van der Waals surface area contributed by atoms with E-state index in [9.17, 15) is 9.18 Å². The zero-order valence-electron chi connectivity index (χ0n) is 15.3. The summed E-state index contributed by atoms with van der Waals surface area (Å²) in [4.78, 5) is 17.2. The van der Waals surface area contributed by atoms with E-state index in [4.69, 9.17) is 4.74 Å². The molecule has 4 rings (SSSR count). The van der Waals surface area contributed by atoms with E-state index in [1.54, 1.807) is 16.6 Å². The summed E-state index contributed by atoms with van der Waals surface area (Å²) < 4.78 is 20.4. The number of amides is 1. The number of benzene rings is 2. The van der Waals surface area contributed by atoms with Crippen LogP contribution in [-0.2, 0) is 4.79 Å². The van der Waals surface area contributed by atoms with Gasteiger partial charge in [0.2, 0.25) is 4.96 Å². The highest BCUT2D eigenvalue weighted by Gasteiger charge is 2.14. The van der Waals surface area contributed by atoms with Gasteiger partial charge in [-0.2, -0.15) is 4.98 Å². The van der Waals surface area contributed by atoms with Gasteiger partial charge in [0.25, 0.3) is 11.9 Å². The van der Waals surface area contributed by atoms with E-state index in [0.29, 0.717) is 10.7 Å². The minimum Gasteiger partial charge on any atom is -0.483 e. The number of nitrogens with one attached hydrogen (secondary N) is 1. The number of aryl methyl sites for hydroxylation is 1. The second kappa shape index (κ2) is 7.40. The van der Waals surface area contributed by atoms with Gasteiger partial charge >= 0.3 is 0 Å². The Morgan fingerprint density at radius 3 is 2.79 bits per heavy atom. The van der Waals surface area contributed by atoms with E-state index in [2.05, 4.69) is 15.4 Å². The molecule has 6 nitrogen and oxygen atoms in total. The van der Waals surface area contributed by atoms with E-state index in [0.717, 1.165) is 22.4 Å². The molecule has 0 aliphatic heterocycles. The Hall–Kier alpha value is -3.26. The SMILES string of the molecule is Cc1cccc(OCC(=O)Nc2nc3scc(-c4ccc(F)cc4)n3n2)c1C. The van der Waals surface area contributed by atoms with Crippen molar-refractivity contribution in [2.75, 3.05) is 11.9 Å². The number of ether oxygens (including phenoxy) is 1. The molecule has 0 aliphatic rings. The number of halogens is 1. The molecule has 0 saturated heterocycles. The highest BCUT2D eigenvalue weighted by molar-refractivity contribution is 7.15. The van der Waals surface area contributed by atoms with Gasteiger partial charge < -0.3 is 4.74 Å². The average Bonchev–Trinajstić information content (AvgIpc) is 3.24.